The van der Waals surface area contributed by atoms with Gasteiger partial charge >= 0.3 is 0 Å². The molecule has 7 heteroatoms. The molecule has 0 spiro atoms. The van der Waals surface area contributed by atoms with Crippen molar-refractivity contribution in [3.8, 4) is 11.5 Å². The van der Waals surface area contributed by atoms with E-state index in [0.29, 0.717) is 5.56 Å². The van der Waals surface area contributed by atoms with Crippen LogP contribution < -0.4 is 10.1 Å². The second-order valence-corrected chi connectivity index (χ2v) is 4.50. The first kappa shape index (κ1) is 12.4. The number of rotatable bonds is 2. The molecule has 0 radical (unpaired) electrons. The van der Waals surface area contributed by atoms with Gasteiger partial charge in [0.25, 0.3) is 5.91 Å². The highest BCUT2D eigenvalue weighted by Crippen LogP contribution is 2.32. The van der Waals surface area contributed by atoms with E-state index in [1.54, 1.807) is 0 Å². The molecule has 3 N–H and O–H groups in total. The van der Waals surface area contributed by atoms with Gasteiger partial charge in [0.2, 0.25) is 0 Å². The van der Waals surface area contributed by atoms with Gasteiger partial charge in [0, 0.05) is 0 Å². The van der Waals surface area contributed by atoms with Gasteiger partial charge in [-0.2, -0.15) is 0 Å². The van der Waals surface area contributed by atoms with Gasteiger partial charge in [0.1, 0.15) is 0 Å². The monoisotopic (exact) mass is 268 g/mol. The normalized spacial score (nSPS) is 17.1. The number of carbonyl (C=O) groups is 1. The Balaban J connectivity index is 2.41. The van der Waals surface area contributed by atoms with Crippen molar-refractivity contribution in [2.45, 2.75) is 0 Å². The van der Waals surface area contributed by atoms with E-state index in [2.05, 4.69) is 5.32 Å². The molecule has 1 fully saturated rings. The lowest BCUT2D eigenvalue weighted by Gasteiger charge is -2.05. The molecular weight excluding hydrogens is 259 g/mol. The van der Waals surface area contributed by atoms with E-state index in [1.165, 1.54) is 19.3 Å². The van der Waals surface area contributed by atoms with Crippen LogP contribution in [-0.4, -0.2) is 23.3 Å². The van der Waals surface area contributed by atoms with Crippen LogP contribution in [0.1, 0.15) is 5.56 Å². The fourth-order valence-electron chi connectivity index (χ4n) is 1.43. The Morgan fingerprint density at radius 2 is 2.28 bits per heavy atom. The van der Waals surface area contributed by atoms with Gasteiger partial charge in [-0.15, -0.1) is 0 Å². The van der Waals surface area contributed by atoms with Crippen molar-refractivity contribution in [3.63, 3.8) is 0 Å². The molecule has 1 aromatic rings. The summed E-state index contributed by atoms with van der Waals surface area (Å²) in [5.74, 6) is -1.83. The standard InChI is InChI=1S/C11H9FN2O3S/c1-17-7-3-5(2-6(12)9(7)15)4-8-10(16)14-11(13)18-8/h2-4,15H,1H3,(H2,13,14,16)/b8-4+. The molecule has 1 aromatic carbocycles. The van der Waals surface area contributed by atoms with Crippen LogP contribution in [0.2, 0.25) is 0 Å². The molecule has 0 unspecified atom stereocenters. The molecular formula is C11H9FN2O3S. The summed E-state index contributed by atoms with van der Waals surface area (Å²) in [4.78, 5) is 11.7. The van der Waals surface area contributed by atoms with Crippen LogP contribution in [0.15, 0.2) is 17.0 Å². The van der Waals surface area contributed by atoms with E-state index in [4.69, 9.17) is 10.1 Å². The minimum atomic E-state index is -0.834. The summed E-state index contributed by atoms with van der Waals surface area (Å²) in [6.07, 6.45) is 1.42. The molecule has 1 heterocycles. The third-order valence-electron chi connectivity index (χ3n) is 2.23. The summed E-state index contributed by atoms with van der Waals surface area (Å²) in [5, 5.41) is 19.0. The van der Waals surface area contributed by atoms with Crippen molar-refractivity contribution in [1.29, 1.82) is 5.41 Å². The SMILES string of the molecule is COc1cc(/C=C2/SC(=N)NC2=O)cc(F)c1O. The number of halogens is 1. The van der Waals surface area contributed by atoms with E-state index < -0.39 is 17.5 Å². The van der Waals surface area contributed by atoms with Crippen molar-refractivity contribution in [2.24, 2.45) is 0 Å². The summed E-state index contributed by atoms with van der Waals surface area (Å²) in [6.45, 7) is 0. The Morgan fingerprint density at radius 1 is 1.56 bits per heavy atom. The average Bonchev–Trinajstić information content (AvgIpc) is 2.62. The number of phenolic OH excluding ortho intramolecular Hbond substituents is 1. The lowest BCUT2D eigenvalue weighted by atomic mass is 10.1. The highest BCUT2D eigenvalue weighted by Gasteiger charge is 2.22. The molecule has 0 saturated carbocycles. The summed E-state index contributed by atoms with van der Waals surface area (Å²) >= 11 is 0.950. The van der Waals surface area contributed by atoms with E-state index in [9.17, 15) is 14.3 Å². The van der Waals surface area contributed by atoms with Crippen molar-refractivity contribution in [3.05, 3.63) is 28.4 Å². The van der Waals surface area contributed by atoms with Crippen molar-refractivity contribution >= 4 is 28.9 Å². The van der Waals surface area contributed by atoms with Crippen LogP contribution in [0.5, 0.6) is 11.5 Å². The highest BCUT2D eigenvalue weighted by atomic mass is 32.2. The number of ether oxygens (including phenoxy) is 1. The molecule has 0 aliphatic carbocycles. The third-order valence-corrected chi connectivity index (χ3v) is 3.06. The van der Waals surface area contributed by atoms with Gasteiger partial charge in [-0.25, -0.2) is 4.39 Å². The molecule has 94 valence electrons. The number of hydrogen-bond donors (Lipinski definition) is 3. The number of hydrogen-bond acceptors (Lipinski definition) is 5. The second kappa shape index (κ2) is 4.69. The number of nitrogens with one attached hydrogen (secondary N) is 2. The fourth-order valence-corrected chi connectivity index (χ4v) is 2.13. The first-order chi connectivity index (χ1) is 8.51. The van der Waals surface area contributed by atoms with E-state index in [-0.39, 0.29) is 15.8 Å². The van der Waals surface area contributed by atoms with Crippen LogP contribution >= 0.6 is 11.8 Å². The molecule has 0 aromatic heterocycles. The Bertz CT molecular complexity index is 572. The van der Waals surface area contributed by atoms with Gasteiger partial charge in [0.05, 0.1) is 12.0 Å². The maximum Gasteiger partial charge on any atom is 0.264 e. The molecule has 18 heavy (non-hydrogen) atoms. The quantitative estimate of drug-likeness (QED) is 0.713. The zero-order valence-electron chi connectivity index (χ0n) is 9.28. The predicted molar refractivity (Wildman–Crippen MR) is 66.1 cm³/mol. The molecule has 5 nitrogen and oxygen atoms in total. The van der Waals surface area contributed by atoms with Gasteiger partial charge < -0.3 is 15.2 Å². The first-order valence-electron chi connectivity index (χ1n) is 4.87. The van der Waals surface area contributed by atoms with E-state index in [0.717, 1.165) is 17.8 Å². The van der Waals surface area contributed by atoms with Crippen LogP contribution in [0.3, 0.4) is 0 Å². The highest BCUT2D eigenvalue weighted by molar-refractivity contribution is 8.18. The van der Waals surface area contributed by atoms with Crippen molar-refractivity contribution < 1.29 is 19.0 Å². The number of amides is 1. The lowest BCUT2D eigenvalue weighted by molar-refractivity contribution is -0.115. The number of methoxy groups -OCH3 is 1. The maximum atomic E-state index is 13.4. The zero-order chi connectivity index (χ0) is 13.3. The Kier molecular flexibility index (Phi) is 3.24. The topological polar surface area (TPSA) is 82.4 Å². The Hall–Kier alpha value is -2.02. The molecule has 0 atom stereocenters. The molecule has 0 bridgehead atoms. The average molecular weight is 268 g/mol. The van der Waals surface area contributed by atoms with Crippen molar-refractivity contribution in [1.82, 2.24) is 5.32 Å². The Labute approximate surface area is 106 Å². The van der Waals surface area contributed by atoms with Gasteiger partial charge in [0.15, 0.2) is 22.5 Å². The summed E-state index contributed by atoms with van der Waals surface area (Å²) < 4.78 is 18.2. The lowest BCUT2D eigenvalue weighted by Crippen LogP contribution is -2.18. The van der Waals surface area contributed by atoms with Gasteiger partial charge in [-0.05, 0) is 35.5 Å². The minimum absolute atomic E-state index is 0.0136. The molecule has 2 rings (SSSR count). The van der Waals surface area contributed by atoms with E-state index in [1.807, 2.05) is 0 Å². The molecule has 1 aliphatic rings. The van der Waals surface area contributed by atoms with E-state index >= 15 is 0 Å². The largest absolute Gasteiger partial charge is 0.502 e. The van der Waals surface area contributed by atoms with Crippen LogP contribution in [0.25, 0.3) is 6.08 Å². The third kappa shape index (κ3) is 2.30. The number of phenols is 1. The predicted octanol–water partition coefficient (Wildman–Crippen LogP) is 1.68. The number of amidine groups is 1. The number of aromatic hydroxyl groups is 1. The second-order valence-electron chi connectivity index (χ2n) is 3.45. The number of thioether (sulfide) groups is 1. The maximum absolute atomic E-state index is 13.4. The molecule has 1 amide bonds. The molecule has 1 saturated heterocycles. The number of benzene rings is 1. The summed E-state index contributed by atoms with van der Waals surface area (Å²) in [5.41, 5.74) is 0.370. The first-order valence-corrected chi connectivity index (χ1v) is 5.69. The Morgan fingerprint density at radius 3 is 2.83 bits per heavy atom. The minimum Gasteiger partial charge on any atom is -0.502 e. The summed E-state index contributed by atoms with van der Waals surface area (Å²) in [6, 6.07) is 2.49. The zero-order valence-corrected chi connectivity index (χ0v) is 10.1. The number of carbonyl (C=O) groups excluding carboxylic acids is 1. The summed E-state index contributed by atoms with van der Waals surface area (Å²) in [7, 11) is 1.30. The van der Waals surface area contributed by atoms with Crippen LogP contribution in [0, 0.1) is 11.2 Å². The van der Waals surface area contributed by atoms with Gasteiger partial charge in [-0.3, -0.25) is 10.2 Å². The van der Waals surface area contributed by atoms with Crippen molar-refractivity contribution in [2.75, 3.05) is 7.11 Å². The van der Waals surface area contributed by atoms with Crippen LogP contribution in [-0.2, 0) is 4.79 Å². The van der Waals surface area contributed by atoms with Crippen LogP contribution in [0.4, 0.5) is 4.39 Å². The smallest absolute Gasteiger partial charge is 0.264 e. The van der Waals surface area contributed by atoms with Gasteiger partial charge in [-0.1, -0.05) is 0 Å². The fraction of sp³-hybridized carbons (Fsp3) is 0.0909. The molecule has 1 aliphatic heterocycles.